The van der Waals surface area contributed by atoms with Crippen molar-refractivity contribution in [1.82, 2.24) is 0 Å². The van der Waals surface area contributed by atoms with Gasteiger partial charge in [-0.25, -0.2) is 0 Å². The number of Topliss-reactive ketones (excluding diaryl/α,β-unsaturated/α-hetero) is 1. The molecule has 4 heteroatoms. The van der Waals surface area contributed by atoms with Crippen molar-refractivity contribution in [3.63, 3.8) is 0 Å². The Morgan fingerprint density at radius 3 is 2.69 bits per heavy atom. The molecular formula is C12H15FO3. The van der Waals surface area contributed by atoms with E-state index in [1.54, 1.807) is 18.2 Å². The number of halogens is 1. The van der Waals surface area contributed by atoms with Crippen LogP contribution in [0, 0.1) is 0 Å². The van der Waals surface area contributed by atoms with Gasteiger partial charge in [0, 0.05) is 12.0 Å². The normalized spacial score (nSPS) is 9.94. The predicted octanol–water partition coefficient (Wildman–Crippen LogP) is 2.64. The molecule has 1 aromatic carbocycles. The maximum atomic E-state index is 11.9. The molecule has 0 spiro atoms. The third-order valence-corrected chi connectivity index (χ3v) is 2.11. The Kier molecular flexibility index (Phi) is 4.76. The zero-order valence-electron chi connectivity index (χ0n) is 9.46. The molecule has 0 saturated heterocycles. The molecule has 88 valence electrons. The smallest absolute Gasteiger partial charge is 0.161 e. The largest absolute Gasteiger partial charge is 0.493 e. The summed E-state index contributed by atoms with van der Waals surface area (Å²) in [7, 11) is 1.50. The average Bonchev–Trinajstić information content (AvgIpc) is 2.29. The highest BCUT2D eigenvalue weighted by atomic mass is 19.1. The molecule has 16 heavy (non-hydrogen) atoms. The van der Waals surface area contributed by atoms with Crippen molar-refractivity contribution in [3.05, 3.63) is 23.8 Å². The van der Waals surface area contributed by atoms with E-state index in [0.717, 1.165) is 0 Å². The molecule has 0 aliphatic rings. The third-order valence-electron chi connectivity index (χ3n) is 2.11. The topological polar surface area (TPSA) is 35.5 Å². The van der Waals surface area contributed by atoms with Gasteiger partial charge in [0.15, 0.2) is 17.3 Å². The Labute approximate surface area is 94.2 Å². The fourth-order valence-electron chi connectivity index (χ4n) is 1.24. The molecule has 0 N–H and O–H groups in total. The van der Waals surface area contributed by atoms with E-state index in [1.807, 2.05) is 0 Å². The number of ketones is 1. The van der Waals surface area contributed by atoms with Crippen LogP contribution in [0.1, 0.15) is 23.7 Å². The summed E-state index contributed by atoms with van der Waals surface area (Å²) < 4.78 is 22.3. The average molecular weight is 226 g/mol. The standard InChI is InChI=1S/C12H15FO3/c1-9(14)10-4-5-11(12(8-10)15-2)16-7-3-6-13/h4-5,8H,3,6-7H2,1-2H3. The predicted molar refractivity (Wildman–Crippen MR) is 59.1 cm³/mol. The van der Waals surface area contributed by atoms with E-state index in [-0.39, 0.29) is 5.78 Å². The molecule has 0 bridgehead atoms. The van der Waals surface area contributed by atoms with Gasteiger partial charge in [-0.15, -0.1) is 0 Å². The van der Waals surface area contributed by atoms with Gasteiger partial charge < -0.3 is 9.47 Å². The van der Waals surface area contributed by atoms with E-state index in [0.29, 0.717) is 30.1 Å². The van der Waals surface area contributed by atoms with Crippen LogP contribution in [0.15, 0.2) is 18.2 Å². The maximum Gasteiger partial charge on any atom is 0.161 e. The summed E-state index contributed by atoms with van der Waals surface area (Å²) in [6.45, 7) is 1.37. The van der Waals surface area contributed by atoms with Crippen molar-refractivity contribution in [2.45, 2.75) is 13.3 Å². The number of alkyl halides is 1. The first-order valence-corrected chi connectivity index (χ1v) is 5.06. The number of benzene rings is 1. The molecule has 1 aromatic rings. The van der Waals surface area contributed by atoms with Gasteiger partial charge in [-0.3, -0.25) is 9.18 Å². The molecule has 0 atom stereocenters. The van der Waals surface area contributed by atoms with E-state index >= 15 is 0 Å². The van der Waals surface area contributed by atoms with Gasteiger partial charge in [-0.1, -0.05) is 0 Å². The number of rotatable bonds is 6. The van der Waals surface area contributed by atoms with Crippen molar-refractivity contribution in [1.29, 1.82) is 0 Å². The number of ether oxygens (including phenoxy) is 2. The molecule has 1 rings (SSSR count). The number of methoxy groups -OCH3 is 1. The fraction of sp³-hybridized carbons (Fsp3) is 0.417. The van der Waals surface area contributed by atoms with Gasteiger partial charge in [0.2, 0.25) is 0 Å². The van der Waals surface area contributed by atoms with Crippen LogP contribution in [-0.4, -0.2) is 26.2 Å². The molecule has 0 aliphatic heterocycles. The Bertz CT molecular complexity index is 363. The highest BCUT2D eigenvalue weighted by Gasteiger charge is 2.07. The lowest BCUT2D eigenvalue weighted by Gasteiger charge is -2.10. The first-order valence-electron chi connectivity index (χ1n) is 5.06. The Morgan fingerprint density at radius 1 is 1.38 bits per heavy atom. The summed E-state index contributed by atoms with van der Waals surface area (Å²) in [5, 5.41) is 0. The lowest BCUT2D eigenvalue weighted by atomic mass is 10.1. The minimum absolute atomic E-state index is 0.0337. The molecule has 0 unspecified atom stereocenters. The van der Waals surface area contributed by atoms with Crippen molar-refractivity contribution in [3.8, 4) is 11.5 Å². The van der Waals surface area contributed by atoms with Crippen LogP contribution in [0.5, 0.6) is 11.5 Å². The summed E-state index contributed by atoms with van der Waals surface area (Å²) in [5.41, 5.74) is 0.565. The highest BCUT2D eigenvalue weighted by Crippen LogP contribution is 2.28. The minimum Gasteiger partial charge on any atom is -0.493 e. The van der Waals surface area contributed by atoms with Gasteiger partial charge in [-0.05, 0) is 25.1 Å². The van der Waals surface area contributed by atoms with Crippen LogP contribution in [0.25, 0.3) is 0 Å². The van der Waals surface area contributed by atoms with Gasteiger partial charge in [0.05, 0.1) is 20.4 Å². The monoisotopic (exact) mass is 226 g/mol. The Morgan fingerprint density at radius 2 is 2.12 bits per heavy atom. The molecule has 0 saturated carbocycles. The summed E-state index contributed by atoms with van der Waals surface area (Å²) in [4.78, 5) is 11.1. The second-order valence-corrected chi connectivity index (χ2v) is 3.31. The van der Waals surface area contributed by atoms with Gasteiger partial charge in [0.25, 0.3) is 0 Å². The van der Waals surface area contributed by atoms with Crippen molar-refractivity contribution < 1.29 is 18.7 Å². The van der Waals surface area contributed by atoms with Crippen LogP contribution >= 0.6 is 0 Å². The minimum atomic E-state index is -0.409. The van der Waals surface area contributed by atoms with E-state index in [4.69, 9.17) is 9.47 Å². The number of hydrogen-bond donors (Lipinski definition) is 0. The zero-order valence-corrected chi connectivity index (χ0v) is 9.46. The number of carbonyl (C=O) groups is 1. The second-order valence-electron chi connectivity index (χ2n) is 3.31. The van der Waals surface area contributed by atoms with Crippen LogP contribution < -0.4 is 9.47 Å². The molecule has 0 aliphatic carbocycles. The molecule has 3 nitrogen and oxygen atoms in total. The van der Waals surface area contributed by atoms with Gasteiger partial charge >= 0.3 is 0 Å². The van der Waals surface area contributed by atoms with Gasteiger partial charge in [-0.2, -0.15) is 0 Å². The number of carbonyl (C=O) groups excluding carboxylic acids is 1. The molecule has 0 amide bonds. The summed E-state index contributed by atoms with van der Waals surface area (Å²) >= 11 is 0. The zero-order chi connectivity index (χ0) is 12.0. The molecule has 0 radical (unpaired) electrons. The van der Waals surface area contributed by atoms with E-state index < -0.39 is 6.67 Å². The lowest BCUT2D eigenvalue weighted by Crippen LogP contribution is -2.01. The summed E-state index contributed by atoms with van der Waals surface area (Å²) in [5.74, 6) is 0.987. The highest BCUT2D eigenvalue weighted by molar-refractivity contribution is 5.94. The van der Waals surface area contributed by atoms with Crippen LogP contribution in [0.3, 0.4) is 0 Å². The lowest BCUT2D eigenvalue weighted by molar-refractivity contribution is 0.101. The van der Waals surface area contributed by atoms with Crippen molar-refractivity contribution in [2.24, 2.45) is 0 Å². The van der Waals surface area contributed by atoms with E-state index in [2.05, 4.69) is 0 Å². The number of hydrogen-bond acceptors (Lipinski definition) is 3. The van der Waals surface area contributed by atoms with E-state index in [1.165, 1.54) is 14.0 Å². The van der Waals surface area contributed by atoms with E-state index in [9.17, 15) is 9.18 Å². The Hall–Kier alpha value is -1.58. The van der Waals surface area contributed by atoms with Crippen molar-refractivity contribution >= 4 is 5.78 Å². The molecule has 0 aromatic heterocycles. The Balaban J connectivity index is 2.80. The molecular weight excluding hydrogens is 211 g/mol. The van der Waals surface area contributed by atoms with Crippen LogP contribution in [-0.2, 0) is 0 Å². The first kappa shape index (κ1) is 12.5. The third kappa shape index (κ3) is 3.22. The second kappa shape index (κ2) is 6.10. The van der Waals surface area contributed by atoms with Crippen LogP contribution in [0.4, 0.5) is 4.39 Å². The molecule has 0 heterocycles. The first-order chi connectivity index (χ1) is 7.69. The fourth-order valence-corrected chi connectivity index (χ4v) is 1.24. The maximum absolute atomic E-state index is 11.9. The van der Waals surface area contributed by atoms with Crippen LogP contribution in [0.2, 0.25) is 0 Å². The summed E-state index contributed by atoms with van der Waals surface area (Å²) in [6.07, 6.45) is 0.345. The summed E-state index contributed by atoms with van der Waals surface area (Å²) in [6, 6.07) is 4.94. The SMILES string of the molecule is COc1cc(C(C)=O)ccc1OCCCF. The quantitative estimate of drug-likeness (QED) is 0.552. The molecule has 0 fully saturated rings. The van der Waals surface area contributed by atoms with Crippen molar-refractivity contribution in [2.75, 3.05) is 20.4 Å². The van der Waals surface area contributed by atoms with Gasteiger partial charge in [0.1, 0.15) is 0 Å².